The maximum absolute atomic E-state index is 11.8. The van der Waals surface area contributed by atoms with Crippen molar-refractivity contribution in [2.75, 3.05) is 20.1 Å². The second-order valence-corrected chi connectivity index (χ2v) is 5.18. The Morgan fingerprint density at radius 1 is 1.65 bits per heavy atom. The molecule has 5 nitrogen and oxygen atoms in total. The van der Waals surface area contributed by atoms with Crippen LogP contribution in [0.15, 0.2) is 5.38 Å². The third-order valence-corrected chi connectivity index (χ3v) is 3.75. The van der Waals surface area contributed by atoms with Crippen LogP contribution in [0.5, 0.6) is 0 Å². The average molecular weight is 255 g/mol. The van der Waals surface area contributed by atoms with Crippen molar-refractivity contribution in [2.45, 2.75) is 25.5 Å². The van der Waals surface area contributed by atoms with Crippen LogP contribution in [0.4, 0.5) is 0 Å². The lowest BCUT2D eigenvalue weighted by molar-refractivity contribution is 0.0134. The highest BCUT2D eigenvalue weighted by Crippen LogP contribution is 2.16. The molecule has 2 N–H and O–H groups in total. The van der Waals surface area contributed by atoms with E-state index >= 15 is 0 Å². The van der Waals surface area contributed by atoms with Crippen molar-refractivity contribution in [3.8, 4) is 0 Å². The summed E-state index contributed by atoms with van der Waals surface area (Å²) in [5.74, 6) is -0.324. The van der Waals surface area contributed by atoms with Gasteiger partial charge in [0.2, 0.25) is 0 Å². The lowest BCUT2D eigenvalue weighted by Crippen LogP contribution is -2.35. The molecule has 0 aromatic carbocycles. The third kappa shape index (κ3) is 3.24. The number of hydrogen-bond acceptors (Lipinski definition) is 6. The molecule has 0 radical (unpaired) electrons. The highest BCUT2D eigenvalue weighted by Gasteiger charge is 2.22. The van der Waals surface area contributed by atoms with E-state index in [1.165, 1.54) is 11.3 Å². The van der Waals surface area contributed by atoms with Gasteiger partial charge < -0.3 is 15.4 Å². The summed E-state index contributed by atoms with van der Waals surface area (Å²) in [4.78, 5) is 18.1. The van der Waals surface area contributed by atoms with Crippen LogP contribution >= 0.6 is 11.3 Å². The van der Waals surface area contributed by atoms with Gasteiger partial charge in [0.05, 0.1) is 0 Å². The van der Waals surface area contributed by atoms with E-state index in [-0.39, 0.29) is 12.1 Å². The predicted octanol–water partition coefficient (Wildman–Crippen LogP) is 0.853. The summed E-state index contributed by atoms with van der Waals surface area (Å²) in [5.41, 5.74) is 5.84. The molecule has 1 aliphatic rings. The van der Waals surface area contributed by atoms with Crippen molar-refractivity contribution in [3.05, 3.63) is 16.1 Å². The number of nitrogens with two attached hydrogens (primary N) is 1. The van der Waals surface area contributed by atoms with E-state index in [1.54, 1.807) is 5.38 Å². The van der Waals surface area contributed by atoms with E-state index in [0.717, 1.165) is 30.9 Å². The number of aromatic nitrogens is 1. The number of piperidine rings is 1. The number of carbonyl (C=O) groups excluding carboxylic acids is 1. The third-order valence-electron chi connectivity index (χ3n) is 2.87. The number of carbonyl (C=O) groups is 1. The summed E-state index contributed by atoms with van der Waals surface area (Å²) in [6.45, 7) is 2.32. The van der Waals surface area contributed by atoms with E-state index in [2.05, 4.69) is 16.9 Å². The van der Waals surface area contributed by atoms with Crippen LogP contribution in [-0.4, -0.2) is 42.1 Å². The summed E-state index contributed by atoms with van der Waals surface area (Å²) >= 11 is 1.40. The van der Waals surface area contributed by atoms with Crippen LogP contribution in [0, 0.1) is 0 Å². The summed E-state index contributed by atoms with van der Waals surface area (Å²) in [6.07, 6.45) is 1.83. The van der Waals surface area contributed by atoms with Crippen molar-refractivity contribution in [1.82, 2.24) is 9.88 Å². The van der Waals surface area contributed by atoms with Crippen LogP contribution in [0.1, 0.15) is 28.3 Å². The molecule has 0 unspecified atom stereocenters. The molecule has 6 heteroatoms. The summed E-state index contributed by atoms with van der Waals surface area (Å²) < 4.78 is 5.42. The van der Waals surface area contributed by atoms with Gasteiger partial charge in [0.25, 0.3) is 0 Å². The minimum absolute atomic E-state index is 0.0294. The van der Waals surface area contributed by atoms with E-state index in [1.807, 2.05) is 0 Å². The molecule has 1 aromatic heterocycles. The predicted molar refractivity (Wildman–Crippen MR) is 65.9 cm³/mol. The van der Waals surface area contributed by atoms with Crippen molar-refractivity contribution in [1.29, 1.82) is 0 Å². The zero-order valence-corrected chi connectivity index (χ0v) is 10.7. The second kappa shape index (κ2) is 5.57. The van der Waals surface area contributed by atoms with Crippen LogP contribution in [0.2, 0.25) is 0 Å². The first-order valence-corrected chi connectivity index (χ1v) is 6.61. The maximum atomic E-state index is 11.8. The molecule has 1 aliphatic heterocycles. The van der Waals surface area contributed by atoms with Gasteiger partial charge in [0, 0.05) is 25.0 Å². The van der Waals surface area contributed by atoms with Gasteiger partial charge in [-0.15, -0.1) is 11.3 Å². The normalized spacial score (nSPS) is 18.2. The summed E-state index contributed by atoms with van der Waals surface area (Å²) in [7, 11) is 2.08. The molecule has 1 aromatic rings. The summed E-state index contributed by atoms with van der Waals surface area (Å²) in [5, 5.41) is 2.47. The Kier molecular flexibility index (Phi) is 4.09. The highest BCUT2D eigenvalue weighted by atomic mass is 32.1. The highest BCUT2D eigenvalue weighted by molar-refractivity contribution is 7.09. The smallest absolute Gasteiger partial charge is 0.358 e. The van der Waals surface area contributed by atoms with Crippen LogP contribution in [0.25, 0.3) is 0 Å². The second-order valence-electron chi connectivity index (χ2n) is 4.24. The topological polar surface area (TPSA) is 68.5 Å². The molecule has 94 valence electrons. The fraction of sp³-hybridized carbons (Fsp3) is 0.636. The molecule has 1 saturated heterocycles. The standard InChI is InChI=1S/C11H17N3O2S/c1-14-4-2-8(3-5-14)16-11(15)9-7-17-10(6-12)13-9/h7-8H,2-6,12H2,1H3. The van der Waals surface area contributed by atoms with Gasteiger partial charge in [0.1, 0.15) is 11.1 Å². The Bertz CT molecular complexity index is 386. The van der Waals surface area contributed by atoms with Crippen LogP contribution in [-0.2, 0) is 11.3 Å². The zero-order chi connectivity index (χ0) is 12.3. The molecule has 0 atom stereocenters. The number of likely N-dealkylation sites (tertiary alicyclic amines) is 1. The Labute approximate surface area is 105 Å². The van der Waals surface area contributed by atoms with Crippen molar-refractivity contribution >= 4 is 17.3 Å². The van der Waals surface area contributed by atoms with Crippen LogP contribution in [0.3, 0.4) is 0 Å². The van der Waals surface area contributed by atoms with E-state index < -0.39 is 0 Å². The number of rotatable bonds is 3. The van der Waals surface area contributed by atoms with Gasteiger partial charge in [-0.3, -0.25) is 0 Å². The van der Waals surface area contributed by atoms with E-state index in [9.17, 15) is 4.79 Å². The number of hydrogen-bond donors (Lipinski definition) is 1. The average Bonchev–Trinajstić information content (AvgIpc) is 2.81. The van der Waals surface area contributed by atoms with Crippen molar-refractivity contribution in [3.63, 3.8) is 0 Å². The molecular weight excluding hydrogens is 238 g/mol. The number of nitrogens with zero attached hydrogens (tertiary/aromatic N) is 2. The van der Waals surface area contributed by atoms with Gasteiger partial charge in [-0.05, 0) is 19.9 Å². The van der Waals surface area contributed by atoms with Gasteiger partial charge in [0.15, 0.2) is 5.69 Å². The minimum Gasteiger partial charge on any atom is -0.458 e. The largest absolute Gasteiger partial charge is 0.458 e. The van der Waals surface area contributed by atoms with Gasteiger partial charge in [-0.25, -0.2) is 9.78 Å². The molecular formula is C11H17N3O2S. The molecule has 17 heavy (non-hydrogen) atoms. The maximum Gasteiger partial charge on any atom is 0.358 e. The monoisotopic (exact) mass is 255 g/mol. The first kappa shape index (κ1) is 12.5. The molecule has 1 fully saturated rings. The molecule has 0 bridgehead atoms. The molecule has 0 saturated carbocycles. The molecule has 0 aliphatic carbocycles. The van der Waals surface area contributed by atoms with Crippen LogP contribution < -0.4 is 5.73 Å². The van der Waals surface area contributed by atoms with Gasteiger partial charge in [-0.2, -0.15) is 0 Å². The first-order chi connectivity index (χ1) is 8.19. The Hall–Kier alpha value is -0.980. The number of thiazole rings is 1. The van der Waals surface area contributed by atoms with Gasteiger partial charge in [-0.1, -0.05) is 0 Å². The number of ether oxygens (including phenoxy) is 1. The molecule has 2 rings (SSSR count). The lowest BCUT2D eigenvalue weighted by Gasteiger charge is -2.28. The Morgan fingerprint density at radius 3 is 2.94 bits per heavy atom. The minimum atomic E-state index is -0.324. The van der Waals surface area contributed by atoms with Crippen molar-refractivity contribution in [2.24, 2.45) is 5.73 Å². The van der Waals surface area contributed by atoms with Gasteiger partial charge >= 0.3 is 5.97 Å². The molecule has 2 heterocycles. The van der Waals surface area contributed by atoms with E-state index in [0.29, 0.717) is 12.2 Å². The zero-order valence-electron chi connectivity index (χ0n) is 9.89. The molecule has 0 amide bonds. The van der Waals surface area contributed by atoms with Crippen molar-refractivity contribution < 1.29 is 9.53 Å². The molecule has 0 spiro atoms. The summed E-state index contributed by atoms with van der Waals surface area (Å²) in [6, 6.07) is 0. The fourth-order valence-electron chi connectivity index (χ4n) is 1.81. The fourth-order valence-corrected chi connectivity index (χ4v) is 2.46. The SMILES string of the molecule is CN1CCC(OC(=O)c2csc(CN)n2)CC1. The Balaban J connectivity index is 1.88. The lowest BCUT2D eigenvalue weighted by atomic mass is 10.1. The first-order valence-electron chi connectivity index (χ1n) is 5.73. The Morgan fingerprint density at radius 2 is 2.35 bits per heavy atom. The number of esters is 1. The quantitative estimate of drug-likeness (QED) is 0.811. The van der Waals surface area contributed by atoms with E-state index in [4.69, 9.17) is 10.5 Å².